The van der Waals surface area contributed by atoms with Crippen molar-refractivity contribution in [3.05, 3.63) is 46.7 Å². The highest BCUT2D eigenvalue weighted by molar-refractivity contribution is 7.89. The second-order valence-corrected chi connectivity index (χ2v) is 8.57. The fourth-order valence-electron chi connectivity index (χ4n) is 2.84. The molecule has 24 heavy (non-hydrogen) atoms. The van der Waals surface area contributed by atoms with Gasteiger partial charge in [-0.25, -0.2) is 8.42 Å². The molecule has 1 aliphatic rings. The molecular weight excluding hydrogens is 346 g/mol. The Morgan fingerprint density at radius 2 is 2.04 bits per heavy atom. The Hall–Kier alpha value is -1.41. The fraction of sp³-hybridized carbons (Fsp3) is 0.412. The number of thiophene rings is 1. The minimum atomic E-state index is -3.60. The summed E-state index contributed by atoms with van der Waals surface area (Å²) in [5.74, 6) is 0.541. The number of benzene rings is 1. The van der Waals surface area contributed by atoms with Gasteiger partial charge in [-0.2, -0.15) is 4.31 Å². The third-order valence-electron chi connectivity index (χ3n) is 4.14. The summed E-state index contributed by atoms with van der Waals surface area (Å²) in [5, 5.41) is 1.97. The molecule has 1 aliphatic heterocycles. The van der Waals surface area contributed by atoms with Crippen molar-refractivity contribution in [1.82, 2.24) is 4.31 Å². The van der Waals surface area contributed by atoms with Crippen molar-refractivity contribution in [2.75, 3.05) is 20.3 Å². The smallest absolute Gasteiger partial charge is 0.243 e. The van der Waals surface area contributed by atoms with Gasteiger partial charge in [-0.3, -0.25) is 0 Å². The van der Waals surface area contributed by atoms with E-state index in [1.54, 1.807) is 39.9 Å². The van der Waals surface area contributed by atoms with E-state index in [0.29, 0.717) is 38.3 Å². The molecule has 7 heteroatoms. The average Bonchev–Trinajstić information content (AvgIpc) is 3.13. The van der Waals surface area contributed by atoms with E-state index in [2.05, 4.69) is 0 Å². The lowest BCUT2D eigenvalue weighted by atomic mass is 10.1. The van der Waals surface area contributed by atoms with Crippen molar-refractivity contribution in [2.45, 2.75) is 30.3 Å². The molecule has 0 radical (unpaired) electrons. The van der Waals surface area contributed by atoms with Gasteiger partial charge < -0.3 is 9.47 Å². The largest absolute Gasteiger partial charge is 0.497 e. The minimum absolute atomic E-state index is 0.0444. The van der Waals surface area contributed by atoms with Gasteiger partial charge >= 0.3 is 0 Å². The summed E-state index contributed by atoms with van der Waals surface area (Å²) in [6, 6.07) is 10.5. The number of nitrogens with zero attached hydrogens (tertiary/aromatic N) is 1. The van der Waals surface area contributed by atoms with Crippen LogP contribution in [0.2, 0.25) is 0 Å². The van der Waals surface area contributed by atoms with Crippen LogP contribution in [0.15, 0.2) is 46.7 Å². The third-order valence-corrected chi connectivity index (χ3v) is 6.89. The molecule has 0 aliphatic carbocycles. The molecular formula is C17H21NO4S2. The molecule has 1 saturated heterocycles. The molecule has 5 nitrogen and oxygen atoms in total. The van der Waals surface area contributed by atoms with Crippen LogP contribution in [0.4, 0.5) is 0 Å². The Balaban J connectivity index is 1.95. The molecule has 1 aromatic carbocycles. The quantitative estimate of drug-likeness (QED) is 0.787. The maximum absolute atomic E-state index is 13.3. The molecule has 2 heterocycles. The van der Waals surface area contributed by atoms with Gasteiger partial charge in [-0.15, -0.1) is 11.3 Å². The number of ether oxygens (including phenoxy) is 2. The molecule has 1 fully saturated rings. The summed E-state index contributed by atoms with van der Waals surface area (Å²) < 4.78 is 38.7. The van der Waals surface area contributed by atoms with Crippen molar-refractivity contribution in [3.8, 4) is 5.75 Å². The van der Waals surface area contributed by atoms with Gasteiger partial charge in [-0.05, 0) is 36.4 Å². The Morgan fingerprint density at radius 3 is 2.71 bits per heavy atom. The molecule has 0 saturated carbocycles. The van der Waals surface area contributed by atoms with Crippen LogP contribution in [0.25, 0.3) is 0 Å². The van der Waals surface area contributed by atoms with Gasteiger partial charge in [0.15, 0.2) is 0 Å². The van der Waals surface area contributed by atoms with Crippen molar-refractivity contribution in [1.29, 1.82) is 0 Å². The Labute approximate surface area is 146 Å². The number of sulfonamides is 1. The number of hydrogen-bond donors (Lipinski definition) is 0. The summed E-state index contributed by atoms with van der Waals surface area (Å²) in [4.78, 5) is 1.30. The molecule has 0 bridgehead atoms. The van der Waals surface area contributed by atoms with Crippen LogP contribution in [0.5, 0.6) is 5.75 Å². The highest BCUT2D eigenvalue weighted by Crippen LogP contribution is 2.28. The molecule has 0 atom stereocenters. The van der Waals surface area contributed by atoms with Crippen LogP contribution < -0.4 is 4.74 Å². The summed E-state index contributed by atoms with van der Waals surface area (Å²) >= 11 is 1.57. The number of rotatable bonds is 6. The SMILES string of the molecule is COc1cccc(S(=O)(=O)N(Cc2cccs2)C2CCOCC2)c1. The zero-order valence-electron chi connectivity index (χ0n) is 13.6. The van der Waals surface area contributed by atoms with Gasteiger partial charge in [0.05, 0.1) is 12.0 Å². The van der Waals surface area contributed by atoms with E-state index < -0.39 is 10.0 Å². The molecule has 130 valence electrons. The van der Waals surface area contributed by atoms with Crippen LogP contribution in [0, 0.1) is 0 Å². The first-order valence-electron chi connectivity index (χ1n) is 7.87. The van der Waals surface area contributed by atoms with Gasteiger partial charge in [-0.1, -0.05) is 12.1 Å². The Kier molecular flexibility index (Phi) is 5.55. The van der Waals surface area contributed by atoms with Crippen LogP contribution in [0.1, 0.15) is 17.7 Å². The predicted molar refractivity (Wildman–Crippen MR) is 93.9 cm³/mol. The van der Waals surface area contributed by atoms with Gasteiger partial charge in [0.25, 0.3) is 0 Å². The van der Waals surface area contributed by atoms with E-state index in [0.717, 1.165) is 4.88 Å². The zero-order chi connectivity index (χ0) is 17.0. The summed E-state index contributed by atoms with van der Waals surface area (Å²) in [6.07, 6.45) is 1.43. The molecule has 3 rings (SSSR count). The van der Waals surface area contributed by atoms with E-state index in [4.69, 9.17) is 9.47 Å². The lowest BCUT2D eigenvalue weighted by Gasteiger charge is -2.33. The van der Waals surface area contributed by atoms with E-state index >= 15 is 0 Å². The van der Waals surface area contributed by atoms with Crippen LogP contribution in [0.3, 0.4) is 0 Å². The van der Waals surface area contributed by atoms with E-state index in [9.17, 15) is 8.42 Å². The number of methoxy groups -OCH3 is 1. The second kappa shape index (κ2) is 7.65. The highest BCUT2D eigenvalue weighted by atomic mass is 32.2. The number of hydrogen-bond acceptors (Lipinski definition) is 5. The second-order valence-electron chi connectivity index (χ2n) is 5.65. The maximum Gasteiger partial charge on any atom is 0.243 e. The maximum atomic E-state index is 13.3. The third kappa shape index (κ3) is 3.80. The monoisotopic (exact) mass is 367 g/mol. The van der Waals surface area contributed by atoms with Gasteiger partial charge in [0.1, 0.15) is 5.75 Å². The van der Waals surface area contributed by atoms with E-state index in [1.165, 1.54) is 7.11 Å². The first-order valence-corrected chi connectivity index (χ1v) is 10.2. The molecule has 1 aromatic heterocycles. The Morgan fingerprint density at radius 1 is 1.25 bits per heavy atom. The summed E-state index contributed by atoms with van der Waals surface area (Å²) in [5.41, 5.74) is 0. The highest BCUT2D eigenvalue weighted by Gasteiger charge is 2.33. The fourth-order valence-corrected chi connectivity index (χ4v) is 5.32. The first-order chi connectivity index (χ1) is 11.6. The van der Waals surface area contributed by atoms with Crippen molar-refractivity contribution in [2.24, 2.45) is 0 Å². The normalized spacial score (nSPS) is 16.4. The van der Waals surface area contributed by atoms with E-state index in [1.807, 2.05) is 17.5 Å². The van der Waals surface area contributed by atoms with Gasteiger partial charge in [0.2, 0.25) is 10.0 Å². The van der Waals surface area contributed by atoms with E-state index in [-0.39, 0.29) is 10.9 Å². The van der Waals surface area contributed by atoms with Crippen LogP contribution in [-0.2, 0) is 21.3 Å². The van der Waals surface area contributed by atoms with Gasteiger partial charge in [0, 0.05) is 36.7 Å². The lowest BCUT2D eigenvalue weighted by Crippen LogP contribution is -2.42. The topological polar surface area (TPSA) is 55.8 Å². The average molecular weight is 367 g/mol. The molecule has 0 unspecified atom stereocenters. The van der Waals surface area contributed by atoms with Crippen molar-refractivity contribution < 1.29 is 17.9 Å². The predicted octanol–water partition coefficient (Wildman–Crippen LogP) is 3.13. The minimum Gasteiger partial charge on any atom is -0.497 e. The lowest BCUT2D eigenvalue weighted by molar-refractivity contribution is 0.0571. The molecule has 0 amide bonds. The van der Waals surface area contributed by atoms with Crippen LogP contribution >= 0.6 is 11.3 Å². The summed E-state index contributed by atoms with van der Waals surface area (Å²) in [6.45, 7) is 1.58. The Bertz CT molecular complexity index is 753. The van der Waals surface area contributed by atoms with Crippen LogP contribution in [-0.4, -0.2) is 39.1 Å². The molecule has 2 aromatic rings. The molecule has 0 spiro atoms. The standard InChI is InChI=1S/C17H21NO4S2/c1-21-15-4-2-6-17(12-15)24(19,20)18(13-16-5-3-11-23-16)14-7-9-22-10-8-14/h2-6,11-12,14H,7-10,13H2,1H3. The van der Waals surface area contributed by atoms with Crippen molar-refractivity contribution in [3.63, 3.8) is 0 Å². The molecule has 0 N–H and O–H groups in total. The summed E-state index contributed by atoms with van der Waals surface area (Å²) in [7, 11) is -2.07. The first kappa shape index (κ1) is 17.4. The zero-order valence-corrected chi connectivity index (χ0v) is 15.2. The van der Waals surface area contributed by atoms with Crippen molar-refractivity contribution >= 4 is 21.4 Å².